The molecule has 1 N–H and O–H groups in total. The van der Waals surface area contributed by atoms with Crippen molar-refractivity contribution in [1.82, 2.24) is 10.2 Å². The standard InChI is InChI=1S/C32H37Cl2N3O5S/c1-3-28(32(39)35-23-13-6-4-7-14-23)36(21-25-26(33)17-12-18-27(25)34)31(38)22-37(29-19-10-11-20-30(29)42-2)43(40,41)24-15-8-5-9-16-24/h5,8-12,15-20,23,28H,3-4,6-7,13-14,21-22H2,1-2H3,(H,35,39)/t28-/m1/s1. The predicted molar refractivity (Wildman–Crippen MR) is 170 cm³/mol. The van der Waals surface area contributed by atoms with Crippen molar-refractivity contribution < 1.29 is 22.7 Å². The highest BCUT2D eigenvalue weighted by molar-refractivity contribution is 7.92. The predicted octanol–water partition coefficient (Wildman–Crippen LogP) is 6.45. The Morgan fingerprint density at radius 2 is 1.56 bits per heavy atom. The zero-order valence-corrected chi connectivity index (χ0v) is 26.7. The van der Waals surface area contributed by atoms with E-state index in [4.69, 9.17) is 27.9 Å². The number of hydrogen-bond donors (Lipinski definition) is 1. The molecule has 0 heterocycles. The molecule has 0 radical (unpaired) electrons. The van der Waals surface area contributed by atoms with Crippen molar-refractivity contribution in [2.24, 2.45) is 0 Å². The van der Waals surface area contributed by atoms with Gasteiger partial charge in [0, 0.05) is 28.2 Å². The van der Waals surface area contributed by atoms with E-state index in [0.29, 0.717) is 22.0 Å². The molecule has 1 aliphatic rings. The molecule has 4 rings (SSSR count). The largest absolute Gasteiger partial charge is 0.495 e. The van der Waals surface area contributed by atoms with Crippen molar-refractivity contribution in [3.05, 3.63) is 88.4 Å². The summed E-state index contributed by atoms with van der Waals surface area (Å²) in [6, 6.07) is 18.6. The third-order valence-corrected chi connectivity index (χ3v) is 10.2. The molecule has 1 aliphatic carbocycles. The number of para-hydroxylation sites is 2. The van der Waals surface area contributed by atoms with Crippen LogP contribution in [0.25, 0.3) is 0 Å². The molecule has 43 heavy (non-hydrogen) atoms. The van der Waals surface area contributed by atoms with Gasteiger partial charge >= 0.3 is 0 Å². The van der Waals surface area contributed by atoms with Crippen molar-refractivity contribution in [2.75, 3.05) is 18.0 Å². The minimum Gasteiger partial charge on any atom is -0.495 e. The lowest BCUT2D eigenvalue weighted by Crippen LogP contribution is -2.54. The molecule has 1 saturated carbocycles. The van der Waals surface area contributed by atoms with E-state index in [1.54, 1.807) is 60.7 Å². The van der Waals surface area contributed by atoms with Gasteiger partial charge in [0.15, 0.2) is 0 Å². The summed E-state index contributed by atoms with van der Waals surface area (Å²) >= 11 is 13.0. The van der Waals surface area contributed by atoms with E-state index in [1.165, 1.54) is 24.1 Å². The van der Waals surface area contributed by atoms with Gasteiger partial charge in [0.25, 0.3) is 10.0 Å². The second kappa shape index (κ2) is 14.9. The molecule has 3 aromatic carbocycles. The first-order valence-electron chi connectivity index (χ1n) is 14.4. The number of nitrogens with one attached hydrogen (secondary N) is 1. The molecule has 0 aromatic heterocycles. The minimum absolute atomic E-state index is 0.0106. The summed E-state index contributed by atoms with van der Waals surface area (Å²) in [5, 5.41) is 3.81. The number of carbonyl (C=O) groups is 2. The zero-order chi connectivity index (χ0) is 31.0. The number of methoxy groups -OCH3 is 1. The highest BCUT2D eigenvalue weighted by Crippen LogP contribution is 2.33. The van der Waals surface area contributed by atoms with Crippen LogP contribution in [0.1, 0.15) is 51.0 Å². The van der Waals surface area contributed by atoms with Gasteiger partial charge in [-0.25, -0.2) is 8.42 Å². The number of carbonyl (C=O) groups excluding carboxylic acids is 2. The van der Waals surface area contributed by atoms with Gasteiger partial charge < -0.3 is 15.0 Å². The summed E-state index contributed by atoms with van der Waals surface area (Å²) in [5.41, 5.74) is 0.662. The van der Waals surface area contributed by atoms with Gasteiger partial charge in [0.1, 0.15) is 18.3 Å². The zero-order valence-electron chi connectivity index (χ0n) is 24.3. The molecule has 11 heteroatoms. The number of halogens is 2. The van der Waals surface area contributed by atoms with Crippen LogP contribution in [-0.4, -0.2) is 50.9 Å². The molecule has 1 atom stereocenters. The lowest BCUT2D eigenvalue weighted by Gasteiger charge is -2.35. The molecule has 0 unspecified atom stereocenters. The van der Waals surface area contributed by atoms with Crippen LogP contribution in [0.3, 0.4) is 0 Å². The van der Waals surface area contributed by atoms with Crippen LogP contribution >= 0.6 is 23.2 Å². The number of sulfonamides is 1. The van der Waals surface area contributed by atoms with E-state index in [9.17, 15) is 18.0 Å². The Morgan fingerprint density at radius 1 is 0.930 bits per heavy atom. The number of benzene rings is 3. The van der Waals surface area contributed by atoms with Gasteiger partial charge in [-0.1, -0.05) is 85.8 Å². The Morgan fingerprint density at radius 3 is 2.19 bits per heavy atom. The third kappa shape index (κ3) is 7.82. The summed E-state index contributed by atoms with van der Waals surface area (Å²) in [4.78, 5) is 29.4. The van der Waals surface area contributed by atoms with Gasteiger partial charge in [0.2, 0.25) is 11.8 Å². The van der Waals surface area contributed by atoms with Crippen molar-refractivity contribution in [3.8, 4) is 5.75 Å². The van der Waals surface area contributed by atoms with Crippen LogP contribution in [0.4, 0.5) is 5.69 Å². The Hall–Kier alpha value is -3.27. The van der Waals surface area contributed by atoms with Gasteiger partial charge in [0.05, 0.1) is 17.7 Å². The number of hydrogen-bond acceptors (Lipinski definition) is 5. The molecule has 0 bridgehead atoms. The van der Waals surface area contributed by atoms with Gasteiger partial charge in [-0.2, -0.15) is 0 Å². The van der Waals surface area contributed by atoms with Crippen molar-refractivity contribution in [2.45, 2.75) is 69.0 Å². The van der Waals surface area contributed by atoms with Crippen LogP contribution in [0, 0.1) is 0 Å². The quantitative estimate of drug-likeness (QED) is 0.244. The Bertz CT molecular complexity index is 1490. The lowest BCUT2D eigenvalue weighted by molar-refractivity contribution is -0.140. The number of nitrogens with zero attached hydrogens (tertiary/aromatic N) is 2. The fourth-order valence-electron chi connectivity index (χ4n) is 5.39. The van der Waals surface area contributed by atoms with E-state index < -0.39 is 28.5 Å². The number of rotatable bonds is 12. The summed E-state index contributed by atoms with van der Waals surface area (Å²) in [5.74, 6) is -0.606. The smallest absolute Gasteiger partial charge is 0.264 e. The summed E-state index contributed by atoms with van der Waals surface area (Å²) in [6.07, 6.45) is 5.25. The molecule has 230 valence electrons. The SMILES string of the molecule is CC[C@H](C(=O)NC1CCCCC1)N(Cc1c(Cl)cccc1Cl)C(=O)CN(c1ccccc1OC)S(=O)(=O)c1ccccc1. The average Bonchev–Trinajstić information content (AvgIpc) is 3.02. The van der Waals surface area contributed by atoms with Crippen molar-refractivity contribution in [3.63, 3.8) is 0 Å². The molecular formula is C32H37Cl2N3O5S. The van der Waals surface area contributed by atoms with E-state index in [1.807, 2.05) is 6.92 Å². The van der Waals surface area contributed by atoms with Gasteiger partial charge in [-0.05, 0) is 55.7 Å². The number of ether oxygens (including phenoxy) is 1. The maximum absolute atomic E-state index is 14.3. The molecule has 2 amide bonds. The monoisotopic (exact) mass is 645 g/mol. The van der Waals surface area contributed by atoms with Crippen LogP contribution in [-0.2, 0) is 26.2 Å². The van der Waals surface area contributed by atoms with Crippen LogP contribution in [0.15, 0.2) is 77.7 Å². The lowest BCUT2D eigenvalue weighted by atomic mass is 9.95. The molecule has 0 saturated heterocycles. The second-order valence-corrected chi connectivity index (χ2v) is 13.2. The highest BCUT2D eigenvalue weighted by Gasteiger charge is 2.35. The summed E-state index contributed by atoms with van der Waals surface area (Å²) < 4.78 is 34.6. The topological polar surface area (TPSA) is 96.0 Å². The van der Waals surface area contributed by atoms with E-state index in [-0.39, 0.29) is 34.8 Å². The average molecular weight is 647 g/mol. The normalized spacial score (nSPS) is 14.5. The maximum atomic E-state index is 14.3. The molecule has 8 nitrogen and oxygen atoms in total. The number of amides is 2. The maximum Gasteiger partial charge on any atom is 0.264 e. The van der Waals surface area contributed by atoms with E-state index >= 15 is 0 Å². The summed E-state index contributed by atoms with van der Waals surface area (Å²) in [6.45, 7) is 1.14. The third-order valence-electron chi connectivity index (χ3n) is 7.69. The van der Waals surface area contributed by atoms with Crippen molar-refractivity contribution in [1.29, 1.82) is 0 Å². The molecule has 3 aromatic rings. The van der Waals surface area contributed by atoms with Crippen LogP contribution in [0.5, 0.6) is 5.75 Å². The van der Waals surface area contributed by atoms with Gasteiger partial charge in [-0.3, -0.25) is 13.9 Å². The highest BCUT2D eigenvalue weighted by atomic mass is 35.5. The Balaban J connectivity index is 1.76. The molecule has 0 spiro atoms. The Kier molecular flexibility index (Phi) is 11.3. The van der Waals surface area contributed by atoms with E-state index in [0.717, 1.165) is 36.4 Å². The minimum atomic E-state index is -4.23. The second-order valence-electron chi connectivity index (χ2n) is 10.5. The first-order valence-corrected chi connectivity index (χ1v) is 16.6. The molecule has 0 aliphatic heterocycles. The summed E-state index contributed by atoms with van der Waals surface area (Å²) in [7, 11) is -2.79. The van der Waals surface area contributed by atoms with Crippen molar-refractivity contribution >= 4 is 50.7 Å². The van der Waals surface area contributed by atoms with Crippen LogP contribution < -0.4 is 14.4 Å². The first kappa shape index (κ1) is 32.6. The molecule has 1 fully saturated rings. The fourth-order valence-corrected chi connectivity index (χ4v) is 7.35. The van der Waals surface area contributed by atoms with Crippen LogP contribution in [0.2, 0.25) is 10.0 Å². The van der Waals surface area contributed by atoms with E-state index in [2.05, 4.69) is 5.32 Å². The van der Waals surface area contributed by atoms with Gasteiger partial charge in [-0.15, -0.1) is 0 Å². The Labute approximate surface area is 264 Å². The first-order chi connectivity index (χ1) is 20.7. The molecular weight excluding hydrogens is 609 g/mol. The number of anilines is 1. The fraction of sp³-hybridized carbons (Fsp3) is 0.375.